The van der Waals surface area contributed by atoms with E-state index in [9.17, 15) is 0 Å². The summed E-state index contributed by atoms with van der Waals surface area (Å²) in [5, 5.41) is 0. The van der Waals surface area contributed by atoms with Gasteiger partial charge in [0.2, 0.25) is 0 Å². The molecule has 0 radical (unpaired) electrons. The Bertz CT molecular complexity index is 487. The van der Waals surface area contributed by atoms with E-state index in [0.717, 1.165) is 19.4 Å². The zero-order chi connectivity index (χ0) is 13.1. The molecule has 19 heavy (non-hydrogen) atoms. The fourth-order valence-electron chi connectivity index (χ4n) is 5.05. The lowest BCUT2D eigenvalue weighted by molar-refractivity contribution is -0.161. The van der Waals surface area contributed by atoms with Crippen LogP contribution < -0.4 is 0 Å². The van der Waals surface area contributed by atoms with Gasteiger partial charge in [-0.05, 0) is 45.1 Å². The summed E-state index contributed by atoms with van der Waals surface area (Å²) in [7, 11) is 0. The Labute approximate surface area is 115 Å². The van der Waals surface area contributed by atoms with Gasteiger partial charge in [-0.25, -0.2) is 0 Å². The summed E-state index contributed by atoms with van der Waals surface area (Å²) in [6.45, 7) is 5.38. The highest BCUT2D eigenvalue weighted by molar-refractivity contribution is 5.35. The molecule has 2 heteroatoms. The third-order valence-electron chi connectivity index (χ3n) is 5.60. The summed E-state index contributed by atoms with van der Waals surface area (Å²) in [6.07, 6.45) is 4.65. The molecule has 2 aliphatic heterocycles. The number of ether oxygens (including phenoxy) is 2. The fourth-order valence-corrected chi connectivity index (χ4v) is 5.05. The van der Waals surface area contributed by atoms with Crippen LogP contribution in [0.5, 0.6) is 0 Å². The lowest BCUT2D eigenvalue weighted by Crippen LogP contribution is -2.46. The van der Waals surface area contributed by atoms with Gasteiger partial charge in [0.25, 0.3) is 0 Å². The zero-order valence-corrected chi connectivity index (χ0v) is 11.8. The van der Waals surface area contributed by atoms with Gasteiger partial charge in [0.15, 0.2) is 0 Å². The Balaban J connectivity index is 1.90. The van der Waals surface area contributed by atoms with Crippen LogP contribution in [-0.2, 0) is 15.1 Å². The van der Waals surface area contributed by atoms with Gasteiger partial charge in [0.1, 0.15) is 11.2 Å². The first-order valence-electron chi connectivity index (χ1n) is 7.50. The number of hydrogen-bond donors (Lipinski definition) is 0. The molecule has 0 unspecified atom stereocenters. The van der Waals surface area contributed by atoms with Crippen molar-refractivity contribution in [3.63, 3.8) is 0 Å². The van der Waals surface area contributed by atoms with E-state index in [1.165, 1.54) is 18.4 Å². The minimum absolute atomic E-state index is 0.0710. The van der Waals surface area contributed by atoms with Gasteiger partial charge in [-0.15, -0.1) is 0 Å². The fraction of sp³-hybridized carbons (Fsp3) is 0.647. The van der Waals surface area contributed by atoms with E-state index in [1.807, 2.05) is 0 Å². The van der Waals surface area contributed by atoms with Crippen molar-refractivity contribution in [2.75, 3.05) is 6.61 Å². The van der Waals surface area contributed by atoms with Crippen LogP contribution >= 0.6 is 0 Å². The molecular formula is C17H22O2. The Morgan fingerprint density at radius 3 is 2.53 bits per heavy atom. The van der Waals surface area contributed by atoms with Gasteiger partial charge in [-0.2, -0.15) is 0 Å². The molecule has 3 aliphatic rings. The lowest BCUT2D eigenvalue weighted by Gasteiger charge is -2.39. The molecule has 0 amide bonds. The first kappa shape index (κ1) is 11.9. The summed E-state index contributed by atoms with van der Waals surface area (Å²) in [5.74, 6) is 0.530. The molecule has 1 aromatic carbocycles. The van der Waals surface area contributed by atoms with E-state index >= 15 is 0 Å². The Morgan fingerprint density at radius 1 is 1.11 bits per heavy atom. The second kappa shape index (κ2) is 3.62. The summed E-state index contributed by atoms with van der Waals surface area (Å²) in [6, 6.07) is 10.7. The standard InChI is InChI=1S/C17H22O2/c1-15(2)14-9-11-16(19-15,13-7-4-3-5-8-13)17(14)10-6-12-18-17/h3-5,7-8,14H,6,9-12H2,1-2H3/t14-,16+,17+/m0/s1. The minimum Gasteiger partial charge on any atom is -0.371 e. The molecule has 0 aromatic heterocycles. The third-order valence-corrected chi connectivity index (χ3v) is 5.60. The molecule has 2 bridgehead atoms. The third kappa shape index (κ3) is 1.29. The number of rotatable bonds is 1. The van der Waals surface area contributed by atoms with Crippen molar-refractivity contribution < 1.29 is 9.47 Å². The number of benzene rings is 1. The van der Waals surface area contributed by atoms with E-state index in [2.05, 4.69) is 44.2 Å². The highest BCUT2D eigenvalue weighted by atomic mass is 16.6. The van der Waals surface area contributed by atoms with E-state index in [-0.39, 0.29) is 16.8 Å². The molecule has 2 nitrogen and oxygen atoms in total. The van der Waals surface area contributed by atoms with E-state index in [0.29, 0.717) is 5.92 Å². The Kier molecular flexibility index (Phi) is 2.27. The monoisotopic (exact) mass is 258 g/mol. The van der Waals surface area contributed by atoms with E-state index in [4.69, 9.17) is 9.47 Å². The first-order chi connectivity index (χ1) is 9.11. The molecular weight excluding hydrogens is 236 g/mol. The summed E-state index contributed by atoms with van der Waals surface area (Å²) >= 11 is 0. The van der Waals surface area contributed by atoms with Crippen LogP contribution in [0.2, 0.25) is 0 Å². The van der Waals surface area contributed by atoms with Crippen molar-refractivity contribution in [1.82, 2.24) is 0 Å². The van der Waals surface area contributed by atoms with Crippen LogP contribution in [0.4, 0.5) is 0 Å². The van der Waals surface area contributed by atoms with Crippen LogP contribution in [-0.4, -0.2) is 17.8 Å². The highest BCUT2D eigenvalue weighted by Gasteiger charge is 2.74. The predicted octanol–water partition coefficient (Wildman–Crippen LogP) is 3.65. The van der Waals surface area contributed by atoms with Gasteiger partial charge >= 0.3 is 0 Å². The maximum Gasteiger partial charge on any atom is 0.123 e. The second-order valence-corrected chi connectivity index (χ2v) is 6.83. The Morgan fingerprint density at radius 2 is 1.89 bits per heavy atom. The normalized spacial score (nSPS) is 43.2. The summed E-state index contributed by atoms with van der Waals surface area (Å²) in [5.41, 5.74) is 0.958. The average Bonchev–Trinajstić information content (AvgIpc) is 3.04. The van der Waals surface area contributed by atoms with Gasteiger partial charge in [0, 0.05) is 12.5 Å². The van der Waals surface area contributed by atoms with Gasteiger partial charge in [-0.1, -0.05) is 30.3 Å². The number of hydrogen-bond acceptors (Lipinski definition) is 2. The van der Waals surface area contributed by atoms with Crippen molar-refractivity contribution in [1.29, 1.82) is 0 Å². The van der Waals surface area contributed by atoms with Crippen LogP contribution in [0.1, 0.15) is 45.1 Å². The van der Waals surface area contributed by atoms with E-state index in [1.54, 1.807) is 0 Å². The van der Waals surface area contributed by atoms with Crippen molar-refractivity contribution in [3.8, 4) is 0 Å². The van der Waals surface area contributed by atoms with Crippen molar-refractivity contribution in [2.45, 2.75) is 56.3 Å². The maximum atomic E-state index is 6.63. The SMILES string of the molecule is CC1(C)O[C@@]2(c3ccccc3)CC[C@@H]1[C@]21CCCO1. The lowest BCUT2D eigenvalue weighted by atomic mass is 9.74. The van der Waals surface area contributed by atoms with Crippen molar-refractivity contribution >= 4 is 0 Å². The first-order valence-corrected chi connectivity index (χ1v) is 7.50. The molecule has 3 atom stereocenters. The highest BCUT2D eigenvalue weighted by Crippen LogP contribution is 2.68. The van der Waals surface area contributed by atoms with Crippen LogP contribution in [0.3, 0.4) is 0 Å². The predicted molar refractivity (Wildman–Crippen MR) is 73.9 cm³/mol. The van der Waals surface area contributed by atoms with Gasteiger partial charge in [0.05, 0.1) is 5.60 Å². The second-order valence-electron chi connectivity index (χ2n) is 6.83. The summed E-state index contributed by atoms with van der Waals surface area (Å²) in [4.78, 5) is 0. The molecule has 1 aromatic rings. The van der Waals surface area contributed by atoms with Crippen LogP contribution in [0.15, 0.2) is 30.3 Å². The molecule has 0 N–H and O–H groups in total. The Hall–Kier alpha value is -0.860. The molecule has 3 fully saturated rings. The van der Waals surface area contributed by atoms with Gasteiger partial charge in [-0.3, -0.25) is 0 Å². The van der Waals surface area contributed by atoms with Crippen molar-refractivity contribution in [2.24, 2.45) is 5.92 Å². The molecule has 1 spiro atoms. The molecule has 2 heterocycles. The zero-order valence-electron chi connectivity index (χ0n) is 11.8. The molecule has 4 rings (SSSR count). The van der Waals surface area contributed by atoms with Gasteiger partial charge < -0.3 is 9.47 Å². The van der Waals surface area contributed by atoms with Crippen molar-refractivity contribution in [3.05, 3.63) is 35.9 Å². The molecule has 102 valence electrons. The average molecular weight is 258 g/mol. The largest absolute Gasteiger partial charge is 0.371 e. The maximum absolute atomic E-state index is 6.63. The minimum atomic E-state index is -0.209. The quantitative estimate of drug-likeness (QED) is 0.765. The molecule has 1 saturated carbocycles. The van der Waals surface area contributed by atoms with E-state index < -0.39 is 0 Å². The molecule has 2 saturated heterocycles. The summed E-state index contributed by atoms with van der Waals surface area (Å²) < 4.78 is 13.0. The van der Waals surface area contributed by atoms with Crippen LogP contribution in [0.25, 0.3) is 0 Å². The molecule has 1 aliphatic carbocycles. The topological polar surface area (TPSA) is 18.5 Å². The van der Waals surface area contributed by atoms with Crippen LogP contribution in [0, 0.1) is 5.92 Å². The smallest absolute Gasteiger partial charge is 0.123 e.